The first-order valence-electron chi connectivity index (χ1n) is 8.29. The third kappa shape index (κ3) is 3.97. The molecule has 23 heavy (non-hydrogen) atoms. The van der Waals surface area contributed by atoms with Gasteiger partial charge in [-0.25, -0.2) is 9.97 Å². The molecule has 0 spiro atoms. The van der Waals surface area contributed by atoms with Gasteiger partial charge in [0.1, 0.15) is 0 Å². The van der Waals surface area contributed by atoms with Crippen molar-refractivity contribution < 1.29 is 9.53 Å². The maximum absolute atomic E-state index is 12.6. The summed E-state index contributed by atoms with van der Waals surface area (Å²) in [6, 6.07) is 2.11. The predicted octanol–water partition coefficient (Wildman–Crippen LogP) is 0.234. The Bertz CT molecular complexity index is 518. The monoisotopic (exact) mass is 319 g/mol. The molecule has 2 aliphatic rings. The van der Waals surface area contributed by atoms with Crippen LogP contribution in [0.1, 0.15) is 13.8 Å². The molecule has 0 bridgehead atoms. The minimum atomic E-state index is 0.200. The van der Waals surface area contributed by atoms with E-state index in [0.717, 1.165) is 38.7 Å². The lowest BCUT2D eigenvalue weighted by molar-refractivity contribution is -0.136. The van der Waals surface area contributed by atoms with E-state index in [1.165, 1.54) is 0 Å². The van der Waals surface area contributed by atoms with E-state index in [2.05, 4.69) is 33.6 Å². The SMILES string of the molecule is C[C@@H]1CN(CC(=O)N2CCN(c3ncccn3)CC2)[C@H](C)CO1. The van der Waals surface area contributed by atoms with Gasteiger partial charge in [-0.15, -0.1) is 0 Å². The molecule has 2 atom stereocenters. The number of carbonyl (C=O) groups excluding carboxylic acids is 1. The average Bonchev–Trinajstić information content (AvgIpc) is 2.59. The van der Waals surface area contributed by atoms with Gasteiger partial charge in [-0.2, -0.15) is 0 Å². The van der Waals surface area contributed by atoms with Crippen LogP contribution in [0.4, 0.5) is 5.95 Å². The van der Waals surface area contributed by atoms with E-state index in [-0.39, 0.29) is 12.0 Å². The molecule has 3 heterocycles. The van der Waals surface area contributed by atoms with Crippen LogP contribution in [-0.4, -0.2) is 83.7 Å². The molecule has 2 saturated heterocycles. The summed E-state index contributed by atoms with van der Waals surface area (Å²) in [6.07, 6.45) is 3.70. The van der Waals surface area contributed by atoms with Crippen molar-refractivity contribution in [1.82, 2.24) is 19.8 Å². The normalized spacial score (nSPS) is 26.3. The Morgan fingerprint density at radius 1 is 1.22 bits per heavy atom. The van der Waals surface area contributed by atoms with Crippen LogP contribution in [0.5, 0.6) is 0 Å². The lowest BCUT2D eigenvalue weighted by Gasteiger charge is -2.39. The minimum absolute atomic E-state index is 0.200. The number of hydrogen-bond acceptors (Lipinski definition) is 6. The second-order valence-electron chi connectivity index (χ2n) is 6.34. The van der Waals surface area contributed by atoms with Crippen molar-refractivity contribution >= 4 is 11.9 Å². The van der Waals surface area contributed by atoms with E-state index in [9.17, 15) is 4.79 Å². The fourth-order valence-corrected chi connectivity index (χ4v) is 3.08. The third-order valence-electron chi connectivity index (χ3n) is 4.54. The Labute approximate surface area is 137 Å². The molecule has 7 heteroatoms. The number of morpholine rings is 1. The summed E-state index contributed by atoms with van der Waals surface area (Å²) in [5, 5.41) is 0. The lowest BCUT2D eigenvalue weighted by atomic mass is 10.2. The topological polar surface area (TPSA) is 61.8 Å². The zero-order valence-electron chi connectivity index (χ0n) is 13.9. The van der Waals surface area contributed by atoms with Crippen LogP contribution >= 0.6 is 0 Å². The van der Waals surface area contributed by atoms with Gasteiger partial charge in [0.25, 0.3) is 0 Å². The molecule has 126 valence electrons. The first kappa shape index (κ1) is 16.1. The van der Waals surface area contributed by atoms with Gasteiger partial charge in [-0.1, -0.05) is 0 Å². The Morgan fingerprint density at radius 2 is 1.91 bits per heavy atom. The van der Waals surface area contributed by atoms with Crippen molar-refractivity contribution in [3.63, 3.8) is 0 Å². The molecule has 3 rings (SSSR count). The van der Waals surface area contributed by atoms with E-state index < -0.39 is 0 Å². The van der Waals surface area contributed by atoms with Crippen LogP contribution in [0.25, 0.3) is 0 Å². The Kier molecular flexibility index (Phi) is 5.07. The second kappa shape index (κ2) is 7.23. The van der Waals surface area contributed by atoms with E-state index in [4.69, 9.17) is 4.74 Å². The van der Waals surface area contributed by atoms with Gasteiger partial charge in [-0.05, 0) is 19.9 Å². The average molecular weight is 319 g/mol. The number of rotatable bonds is 3. The van der Waals surface area contributed by atoms with Gasteiger partial charge < -0.3 is 14.5 Å². The molecule has 0 aliphatic carbocycles. The first-order valence-corrected chi connectivity index (χ1v) is 8.29. The molecular formula is C16H25N5O2. The number of anilines is 1. The largest absolute Gasteiger partial charge is 0.376 e. The number of piperazine rings is 1. The summed E-state index contributed by atoms with van der Waals surface area (Å²) >= 11 is 0. The molecule has 2 fully saturated rings. The number of carbonyl (C=O) groups is 1. The van der Waals surface area contributed by atoms with Gasteiger partial charge in [-0.3, -0.25) is 9.69 Å². The fraction of sp³-hybridized carbons (Fsp3) is 0.688. The van der Waals surface area contributed by atoms with E-state index in [0.29, 0.717) is 19.2 Å². The fourth-order valence-electron chi connectivity index (χ4n) is 3.08. The van der Waals surface area contributed by atoms with Gasteiger partial charge >= 0.3 is 0 Å². The van der Waals surface area contributed by atoms with Gasteiger partial charge in [0, 0.05) is 51.2 Å². The number of hydrogen-bond donors (Lipinski definition) is 0. The van der Waals surface area contributed by atoms with Gasteiger partial charge in [0.2, 0.25) is 11.9 Å². The van der Waals surface area contributed by atoms with Gasteiger partial charge in [0.05, 0.1) is 19.3 Å². The van der Waals surface area contributed by atoms with Crippen LogP contribution in [-0.2, 0) is 9.53 Å². The molecule has 1 aromatic rings. The summed E-state index contributed by atoms with van der Waals surface area (Å²) in [6.45, 7) is 9.20. The second-order valence-corrected chi connectivity index (χ2v) is 6.34. The number of nitrogens with zero attached hydrogens (tertiary/aromatic N) is 5. The smallest absolute Gasteiger partial charge is 0.236 e. The Morgan fingerprint density at radius 3 is 2.61 bits per heavy atom. The lowest BCUT2D eigenvalue weighted by Crippen LogP contribution is -2.55. The highest BCUT2D eigenvalue weighted by atomic mass is 16.5. The van der Waals surface area contributed by atoms with Crippen LogP contribution in [0.15, 0.2) is 18.5 Å². The van der Waals surface area contributed by atoms with Crippen LogP contribution in [0.2, 0.25) is 0 Å². The molecular weight excluding hydrogens is 294 g/mol. The quantitative estimate of drug-likeness (QED) is 0.795. The van der Waals surface area contributed by atoms with E-state index in [1.807, 2.05) is 11.0 Å². The number of amides is 1. The van der Waals surface area contributed by atoms with E-state index >= 15 is 0 Å². The highest BCUT2D eigenvalue weighted by molar-refractivity contribution is 5.78. The summed E-state index contributed by atoms with van der Waals surface area (Å²) in [7, 11) is 0. The molecule has 1 aromatic heterocycles. The summed E-state index contributed by atoms with van der Waals surface area (Å²) < 4.78 is 5.62. The van der Waals surface area contributed by atoms with E-state index in [1.54, 1.807) is 12.4 Å². The predicted molar refractivity (Wildman–Crippen MR) is 87.3 cm³/mol. The molecule has 0 radical (unpaired) electrons. The Balaban J connectivity index is 1.50. The molecule has 0 saturated carbocycles. The molecule has 0 unspecified atom stereocenters. The highest BCUT2D eigenvalue weighted by Crippen LogP contribution is 2.13. The molecule has 0 aromatic carbocycles. The zero-order chi connectivity index (χ0) is 16.2. The zero-order valence-corrected chi connectivity index (χ0v) is 13.9. The Hall–Kier alpha value is -1.73. The van der Waals surface area contributed by atoms with Crippen molar-refractivity contribution in [1.29, 1.82) is 0 Å². The van der Waals surface area contributed by atoms with Crippen LogP contribution < -0.4 is 4.90 Å². The van der Waals surface area contributed by atoms with Crippen molar-refractivity contribution in [2.75, 3.05) is 50.8 Å². The summed E-state index contributed by atoms with van der Waals surface area (Å²) in [4.78, 5) is 27.4. The van der Waals surface area contributed by atoms with Crippen molar-refractivity contribution in [2.45, 2.75) is 26.0 Å². The minimum Gasteiger partial charge on any atom is -0.376 e. The van der Waals surface area contributed by atoms with Crippen LogP contribution in [0.3, 0.4) is 0 Å². The van der Waals surface area contributed by atoms with Crippen molar-refractivity contribution in [3.05, 3.63) is 18.5 Å². The van der Waals surface area contributed by atoms with Crippen molar-refractivity contribution in [2.24, 2.45) is 0 Å². The molecule has 0 N–H and O–H groups in total. The first-order chi connectivity index (χ1) is 11.1. The summed E-state index contributed by atoms with van der Waals surface area (Å²) in [5.74, 6) is 0.954. The van der Waals surface area contributed by atoms with Crippen LogP contribution in [0, 0.1) is 0 Å². The molecule has 1 amide bonds. The highest BCUT2D eigenvalue weighted by Gasteiger charge is 2.28. The molecule has 7 nitrogen and oxygen atoms in total. The van der Waals surface area contributed by atoms with Crippen molar-refractivity contribution in [3.8, 4) is 0 Å². The third-order valence-corrected chi connectivity index (χ3v) is 4.54. The molecule has 2 aliphatic heterocycles. The standard InChI is InChI=1S/C16H25N5O2/c1-13-12-23-14(2)10-21(13)11-15(22)19-6-8-20(9-7-19)16-17-4-3-5-18-16/h3-5,13-14H,6-12H2,1-2H3/t13-,14-/m1/s1. The van der Waals surface area contributed by atoms with Gasteiger partial charge in [0.15, 0.2) is 0 Å². The number of aromatic nitrogens is 2. The number of ether oxygens (including phenoxy) is 1. The summed E-state index contributed by atoms with van der Waals surface area (Å²) in [5.41, 5.74) is 0. The maximum atomic E-state index is 12.6. The maximum Gasteiger partial charge on any atom is 0.236 e.